The molecule has 22 heavy (non-hydrogen) atoms. The third kappa shape index (κ3) is 4.96. The first kappa shape index (κ1) is 16.7. The third-order valence-corrected chi connectivity index (χ3v) is 4.50. The Labute approximate surface area is 135 Å². The molecule has 0 aliphatic carbocycles. The first-order valence-corrected chi connectivity index (χ1v) is 8.52. The summed E-state index contributed by atoms with van der Waals surface area (Å²) in [5, 5.41) is 14.7. The summed E-state index contributed by atoms with van der Waals surface area (Å²) < 4.78 is 1.93. The van der Waals surface area contributed by atoms with E-state index in [0.29, 0.717) is 13.1 Å². The maximum Gasteiger partial charge on any atom is 0.233 e. The van der Waals surface area contributed by atoms with Crippen LogP contribution in [0.15, 0.2) is 29.2 Å². The van der Waals surface area contributed by atoms with Gasteiger partial charge in [-0.1, -0.05) is 0 Å². The fourth-order valence-electron chi connectivity index (χ4n) is 2.15. The van der Waals surface area contributed by atoms with Crippen LogP contribution >= 0.6 is 11.3 Å². The number of carbonyl (C=O) groups is 1. The molecule has 2 aromatic rings. The van der Waals surface area contributed by atoms with Crippen LogP contribution in [-0.2, 0) is 11.2 Å². The molecule has 0 saturated carbocycles. The minimum absolute atomic E-state index is 0.0333. The number of thiophene rings is 1. The van der Waals surface area contributed by atoms with Crippen molar-refractivity contribution in [1.82, 2.24) is 20.4 Å². The van der Waals surface area contributed by atoms with E-state index in [1.165, 1.54) is 5.56 Å². The molecule has 0 unspecified atom stereocenters. The van der Waals surface area contributed by atoms with Gasteiger partial charge in [-0.15, -0.1) is 0 Å². The van der Waals surface area contributed by atoms with Crippen LogP contribution in [0.25, 0.3) is 0 Å². The molecule has 0 aliphatic heterocycles. The van der Waals surface area contributed by atoms with Gasteiger partial charge in [0.2, 0.25) is 5.91 Å². The highest BCUT2D eigenvalue weighted by Gasteiger charge is 2.15. The molecule has 120 valence electrons. The first-order valence-electron chi connectivity index (χ1n) is 7.58. The van der Waals surface area contributed by atoms with E-state index in [1.54, 1.807) is 11.3 Å². The summed E-state index contributed by atoms with van der Waals surface area (Å²) in [5.41, 5.74) is 2.42. The fraction of sp³-hybridized carbons (Fsp3) is 0.500. The van der Waals surface area contributed by atoms with E-state index in [4.69, 9.17) is 0 Å². The van der Waals surface area contributed by atoms with E-state index in [-0.39, 0.29) is 18.0 Å². The Kier molecular flexibility index (Phi) is 6.15. The van der Waals surface area contributed by atoms with E-state index in [1.807, 2.05) is 24.0 Å². The number of rotatable bonds is 8. The lowest BCUT2D eigenvalue weighted by atomic mass is 10.1. The topological polar surface area (TPSA) is 59.0 Å². The maximum atomic E-state index is 11.8. The Hall–Kier alpha value is -1.66. The summed E-state index contributed by atoms with van der Waals surface area (Å²) in [4.78, 5) is 11.8. The lowest BCUT2D eigenvalue weighted by Crippen LogP contribution is -2.41. The van der Waals surface area contributed by atoms with E-state index >= 15 is 0 Å². The smallest absolute Gasteiger partial charge is 0.233 e. The van der Waals surface area contributed by atoms with Gasteiger partial charge < -0.3 is 10.6 Å². The van der Waals surface area contributed by atoms with E-state index in [2.05, 4.69) is 46.4 Å². The predicted molar refractivity (Wildman–Crippen MR) is 90.2 cm³/mol. The molecular formula is C16H24N4OS. The van der Waals surface area contributed by atoms with Crippen molar-refractivity contribution < 1.29 is 4.79 Å². The number of aromatic nitrogens is 2. The van der Waals surface area contributed by atoms with Crippen molar-refractivity contribution in [1.29, 1.82) is 0 Å². The highest BCUT2D eigenvalue weighted by atomic mass is 32.1. The van der Waals surface area contributed by atoms with Gasteiger partial charge >= 0.3 is 0 Å². The highest BCUT2D eigenvalue weighted by Crippen LogP contribution is 2.10. The number of hydrogen-bond acceptors (Lipinski definition) is 4. The van der Waals surface area contributed by atoms with Crippen LogP contribution in [-0.4, -0.2) is 34.8 Å². The summed E-state index contributed by atoms with van der Waals surface area (Å²) in [7, 11) is 0. The molecule has 0 aromatic carbocycles. The second-order valence-corrected chi connectivity index (χ2v) is 6.42. The van der Waals surface area contributed by atoms with Crippen molar-refractivity contribution in [2.45, 2.75) is 39.3 Å². The third-order valence-electron chi connectivity index (χ3n) is 3.77. The van der Waals surface area contributed by atoms with Gasteiger partial charge in [0.05, 0.1) is 18.8 Å². The van der Waals surface area contributed by atoms with Crippen LogP contribution in [0.5, 0.6) is 0 Å². The summed E-state index contributed by atoms with van der Waals surface area (Å²) in [6.07, 6.45) is 4.75. The Morgan fingerprint density at radius 3 is 2.91 bits per heavy atom. The number of aryl methyl sites for hydroxylation is 1. The van der Waals surface area contributed by atoms with Crippen LogP contribution in [0, 0.1) is 6.92 Å². The second kappa shape index (κ2) is 8.10. The van der Waals surface area contributed by atoms with Gasteiger partial charge in [-0.05, 0) is 55.1 Å². The molecule has 2 N–H and O–H groups in total. The van der Waals surface area contributed by atoms with E-state index in [0.717, 1.165) is 12.0 Å². The minimum Gasteiger partial charge on any atom is -0.355 e. The van der Waals surface area contributed by atoms with Gasteiger partial charge in [0, 0.05) is 18.8 Å². The fourth-order valence-corrected chi connectivity index (χ4v) is 2.86. The van der Waals surface area contributed by atoms with Crippen LogP contribution in [0.2, 0.25) is 0 Å². The average molecular weight is 320 g/mol. The van der Waals surface area contributed by atoms with Gasteiger partial charge in [0.15, 0.2) is 0 Å². The monoisotopic (exact) mass is 320 g/mol. The standard InChI is InChI=1S/C16H24N4OS/c1-12-8-19-20(10-12)14(3)13(2)18-9-16(21)17-6-4-15-5-7-22-11-15/h5,7-8,10-11,13-14,18H,4,6,9H2,1-3H3,(H,17,21)/t13-,14-/m1/s1. The predicted octanol–water partition coefficient (Wildman–Crippen LogP) is 2.15. The SMILES string of the molecule is Cc1cnn([C@H](C)[C@@H](C)NCC(=O)NCCc2ccsc2)c1. The Balaban J connectivity index is 1.66. The van der Waals surface area contributed by atoms with Crippen LogP contribution < -0.4 is 10.6 Å². The summed E-state index contributed by atoms with van der Waals surface area (Å²) in [6, 6.07) is 2.46. The molecule has 6 heteroatoms. The van der Waals surface area contributed by atoms with Crippen molar-refractivity contribution in [2.75, 3.05) is 13.1 Å². The lowest BCUT2D eigenvalue weighted by molar-refractivity contribution is -0.120. The van der Waals surface area contributed by atoms with Crippen molar-refractivity contribution in [3.63, 3.8) is 0 Å². The Morgan fingerprint density at radius 2 is 2.27 bits per heavy atom. The number of amides is 1. The summed E-state index contributed by atoms with van der Waals surface area (Å²) in [6.45, 7) is 7.20. The molecule has 2 heterocycles. The van der Waals surface area contributed by atoms with Crippen molar-refractivity contribution >= 4 is 17.2 Å². The summed E-state index contributed by atoms with van der Waals surface area (Å²) >= 11 is 1.68. The zero-order valence-corrected chi connectivity index (χ0v) is 14.2. The van der Waals surface area contributed by atoms with Crippen LogP contribution in [0.1, 0.15) is 31.0 Å². The molecule has 5 nitrogen and oxygen atoms in total. The molecule has 0 bridgehead atoms. The first-order chi connectivity index (χ1) is 10.6. The molecule has 0 spiro atoms. The number of carbonyl (C=O) groups excluding carboxylic acids is 1. The number of nitrogens with one attached hydrogen (secondary N) is 2. The highest BCUT2D eigenvalue weighted by molar-refractivity contribution is 7.07. The number of nitrogens with zero attached hydrogens (tertiary/aromatic N) is 2. The van der Waals surface area contributed by atoms with Crippen LogP contribution in [0.3, 0.4) is 0 Å². The molecule has 2 atom stereocenters. The average Bonchev–Trinajstić information content (AvgIpc) is 3.15. The maximum absolute atomic E-state index is 11.8. The van der Waals surface area contributed by atoms with Crippen LogP contribution in [0.4, 0.5) is 0 Å². The molecular weight excluding hydrogens is 296 g/mol. The molecule has 0 radical (unpaired) electrons. The number of hydrogen-bond donors (Lipinski definition) is 2. The van der Waals surface area contributed by atoms with Gasteiger partial charge in [0.1, 0.15) is 0 Å². The van der Waals surface area contributed by atoms with Crippen molar-refractivity contribution in [2.24, 2.45) is 0 Å². The Morgan fingerprint density at radius 1 is 1.45 bits per heavy atom. The zero-order chi connectivity index (χ0) is 15.9. The largest absolute Gasteiger partial charge is 0.355 e. The van der Waals surface area contributed by atoms with Crippen molar-refractivity contribution in [3.05, 3.63) is 40.3 Å². The second-order valence-electron chi connectivity index (χ2n) is 5.64. The van der Waals surface area contributed by atoms with E-state index < -0.39 is 0 Å². The lowest BCUT2D eigenvalue weighted by Gasteiger charge is -2.21. The molecule has 0 aliphatic rings. The van der Waals surface area contributed by atoms with Gasteiger partial charge in [-0.2, -0.15) is 16.4 Å². The van der Waals surface area contributed by atoms with Gasteiger partial charge in [0.25, 0.3) is 0 Å². The minimum atomic E-state index is 0.0333. The van der Waals surface area contributed by atoms with E-state index in [9.17, 15) is 4.79 Å². The summed E-state index contributed by atoms with van der Waals surface area (Å²) in [5.74, 6) is 0.0333. The molecule has 2 aromatic heterocycles. The molecule has 0 saturated heterocycles. The van der Waals surface area contributed by atoms with Gasteiger partial charge in [-0.3, -0.25) is 9.48 Å². The quantitative estimate of drug-likeness (QED) is 0.783. The Bertz CT molecular complexity index is 579. The zero-order valence-electron chi connectivity index (χ0n) is 13.4. The normalized spacial score (nSPS) is 13.8. The van der Waals surface area contributed by atoms with Gasteiger partial charge in [-0.25, -0.2) is 0 Å². The molecule has 0 fully saturated rings. The molecule has 2 rings (SSSR count). The van der Waals surface area contributed by atoms with Crippen molar-refractivity contribution in [3.8, 4) is 0 Å². The molecule has 1 amide bonds.